The van der Waals surface area contributed by atoms with Gasteiger partial charge >= 0.3 is 6.18 Å². The molecule has 0 aromatic carbocycles. The van der Waals surface area contributed by atoms with Gasteiger partial charge in [0.05, 0.1) is 0 Å². The Balaban J connectivity index is 2.88. The molecule has 0 spiro atoms. The first kappa shape index (κ1) is 12.5. The van der Waals surface area contributed by atoms with Crippen LogP contribution in [0.5, 0.6) is 0 Å². The summed E-state index contributed by atoms with van der Waals surface area (Å²) < 4.78 is 36.7. The van der Waals surface area contributed by atoms with Crippen LogP contribution in [0.25, 0.3) is 0 Å². The molecule has 0 aliphatic heterocycles. The lowest BCUT2D eigenvalue weighted by Gasteiger charge is -2.08. The predicted molar refractivity (Wildman–Crippen MR) is 58.5 cm³/mol. The van der Waals surface area contributed by atoms with E-state index in [-0.39, 0.29) is 5.82 Å². The number of anilines is 1. The molecule has 0 aliphatic carbocycles. The molecule has 0 bridgehead atoms. The second-order valence-electron chi connectivity index (χ2n) is 2.67. The number of alkyl halides is 3. The Kier molecular flexibility index (Phi) is 4.15. The molecule has 0 amide bonds. The van der Waals surface area contributed by atoms with Crippen molar-refractivity contribution in [2.45, 2.75) is 11.9 Å². The number of nitrogens with two attached hydrogens (primary N) is 1. The predicted octanol–water partition coefficient (Wildman–Crippen LogP) is 3.19. The second kappa shape index (κ2) is 4.98. The zero-order valence-corrected chi connectivity index (χ0v) is 9.47. The summed E-state index contributed by atoms with van der Waals surface area (Å²) in [6.45, 7) is 0. The number of rotatable bonds is 3. The molecule has 15 heavy (non-hydrogen) atoms. The third-order valence-corrected chi connectivity index (χ3v) is 3.36. The maximum absolute atomic E-state index is 12.2. The van der Waals surface area contributed by atoms with Gasteiger partial charge in [-0.3, -0.25) is 0 Å². The van der Waals surface area contributed by atoms with E-state index in [0.29, 0.717) is 11.3 Å². The zero-order chi connectivity index (χ0) is 11.5. The van der Waals surface area contributed by atoms with Gasteiger partial charge in [-0.1, -0.05) is 27.7 Å². The lowest BCUT2D eigenvalue weighted by molar-refractivity contribution is -0.141. The largest absolute Gasteiger partial charge is 0.433 e. The van der Waals surface area contributed by atoms with Crippen molar-refractivity contribution in [1.82, 2.24) is 4.98 Å². The topological polar surface area (TPSA) is 38.9 Å². The first-order chi connectivity index (χ1) is 6.95. The number of pyridine rings is 1. The summed E-state index contributed by atoms with van der Waals surface area (Å²) in [6, 6.07) is 2.32. The minimum Gasteiger partial charge on any atom is -0.383 e. The molecule has 0 saturated carbocycles. The molecule has 2 nitrogen and oxygen atoms in total. The number of aromatic nitrogens is 1. The normalized spacial score (nSPS) is 11.7. The summed E-state index contributed by atoms with van der Waals surface area (Å²) in [5.41, 5.74) is 5.11. The molecule has 1 aromatic rings. The van der Waals surface area contributed by atoms with E-state index in [1.54, 1.807) is 0 Å². The van der Waals surface area contributed by atoms with E-state index in [9.17, 15) is 13.2 Å². The maximum atomic E-state index is 12.2. The monoisotopic (exact) mass is 254 g/mol. The van der Waals surface area contributed by atoms with E-state index in [1.807, 2.05) is 6.26 Å². The van der Waals surface area contributed by atoms with E-state index in [1.165, 1.54) is 27.7 Å². The van der Waals surface area contributed by atoms with Crippen LogP contribution in [-0.2, 0) is 11.9 Å². The molecule has 0 fully saturated rings. The molecule has 1 rings (SSSR count). The van der Waals surface area contributed by atoms with Gasteiger partial charge in [0.25, 0.3) is 0 Å². The Labute approximate surface area is 93.2 Å². The van der Waals surface area contributed by atoms with Crippen LogP contribution in [0, 0.1) is 0 Å². The Morgan fingerprint density at radius 1 is 1.40 bits per heavy atom. The van der Waals surface area contributed by atoms with Crippen molar-refractivity contribution in [3.8, 4) is 0 Å². The highest BCUT2D eigenvalue weighted by Gasteiger charge is 2.32. The molecule has 84 valence electrons. The summed E-state index contributed by atoms with van der Waals surface area (Å²) in [5, 5.41) is 0. The van der Waals surface area contributed by atoms with Crippen molar-refractivity contribution in [3.05, 3.63) is 23.4 Å². The van der Waals surface area contributed by atoms with Crippen molar-refractivity contribution in [3.63, 3.8) is 0 Å². The fourth-order valence-corrected chi connectivity index (χ4v) is 2.13. The molecule has 0 saturated heterocycles. The number of nitrogens with zero attached hydrogens (tertiary/aromatic N) is 1. The average molecular weight is 254 g/mol. The number of hydrogen-bond acceptors (Lipinski definition) is 4. The zero-order valence-electron chi connectivity index (χ0n) is 7.84. The second-order valence-corrected chi connectivity index (χ2v) is 5.23. The van der Waals surface area contributed by atoms with Gasteiger partial charge in [0, 0.05) is 11.3 Å². The first-order valence-electron chi connectivity index (χ1n) is 3.93. The van der Waals surface area contributed by atoms with Crippen LogP contribution >= 0.6 is 21.6 Å². The molecule has 0 unspecified atom stereocenters. The SMILES string of the molecule is CSSCc1ccc(C(F)(F)F)nc1N. The van der Waals surface area contributed by atoms with Crippen LogP contribution in [0.1, 0.15) is 11.3 Å². The summed E-state index contributed by atoms with van der Waals surface area (Å²) in [7, 11) is 3.03. The standard InChI is InChI=1S/C8H9F3N2S2/c1-14-15-4-5-2-3-6(8(9,10)11)13-7(5)12/h2-3H,4H2,1H3,(H2,12,13). The third kappa shape index (κ3) is 3.49. The smallest absolute Gasteiger partial charge is 0.383 e. The van der Waals surface area contributed by atoms with Gasteiger partial charge in [0.1, 0.15) is 11.5 Å². The number of nitrogen functional groups attached to an aromatic ring is 1. The van der Waals surface area contributed by atoms with Crippen LogP contribution in [-0.4, -0.2) is 11.2 Å². The highest BCUT2D eigenvalue weighted by atomic mass is 33.1. The lowest BCUT2D eigenvalue weighted by Crippen LogP contribution is -2.10. The Bertz CT molecular complexity index is 341. The maximum Gasteiger partial charge on any atom is 0.433 e. The van der Waals surface area contributed by atoms with Crippen molar-refractivity contribution in [2.75, 3.05) is 12.0 Å². The lowest BCUT2D eigenvalue weighted by atomic mass is 10.2. The van der Waals surface area contributed by atoms with Crippen molar-refractivity contribution >= 4 is 27.4 Å². The minimum atomic E-state index is -4.43. The van der Waals surface area contributed by atoms with Gasteiger partial charge in [0.2, 0.25) is 0 Å². The summed E-state index contributed by atoms with van der Waals surface area (Å²) in [5.74, 6) is 0.504. The Hall–Kier alpha value is -0.560. The molecule has 7 heteroatoms. The van der Waals surface area contributed by atoms with E-state index < -0.39 is 11.9 Å². The van der Waals surface area contributed by atoms with Crippen molar-refractivity contribution < 1.29 is 13.2 Å². The van der Waals surface area contributed by atoms with Crippen molar-refractivity contribution in [1.29, 1.82) is 0 Å². The Morgan fingerprint density at radius 3 is 2.53 bits per heavy atom. The van der Waals surface area contributed by atoms with E-state index in [4.69, 9.17) is 5.73 Å². The molecule has 0 radical (unpaired) electrons. The molecular weight excluding hydrogens is 245 g/mol. The van der Waals surface area contributed by atoms with Crippen LogP contribution in [0.4, 0.5) is 19.0 Å². The van der Waals surface area contributed by atoms with E-state index in [2.05, 4.69) is 4.98 Å². The minimum absolute atomic E-state index is 0.0497. The van der Waals surface area contributed by atoms with Crippen LogP contribution < -0.4 is 5.73 Å². The van der Waals surface area contributed by atoms with E-state index in [0.717, 1.165) is 6.07 Å². The molecular formula is C8H9F3N2S2. The summed E-state index contributed by atoms with van der Waals surface area (Å²) >= 11 is 0. The number of halogens is 3. The molecule has 0 aliphatic rings. The van der Waals surface area contributed by atoms with Gasteiger partial charge < -0.3 is 5.73 Å². The molecule has 2 N–H and O–H groups in total. The third-order valence-electron chi connectivity index (χ3n) is 1.64. The fourth-order valence-electron chi connectivity index (χ4n) is 0.906. The van der Waals surface area contributed by atoms with Gasteiger partial charge in [-0.2, -0.15) is 13.2 Å². The Morgan fingerprint density at radius 2 is 2.07 bits per heavy atom. The quantitative estimate of drug-likeness (QED) is 0.841. The number of hydrogen-bond donors (Lipinski definition) is 1. The fraction of sp³-hybridized carbons (Fsp3) is 0.375. The van der Waals surface area contributed by atoms with Crippen LogP contribution in [0.15, 0.2) is 12.1 Å². The summed E-state index contributed by atoms with van der Waals surface area (Å²) in [6.07, 6.45) is -2.54. The molecule has 1 aromatic heterocycles. The average Bonchev–Trinajstić information content (AvgIpc) is 2.14. The molecule has 1 heterocycles. The summed E-state index contributed by atoms with van der Waals surface area (Å²) in [4.78, 5) is 3.33. The first-order valence-corrected chi connectivity index (χ1v) is 6.66. The van der Waals surface area contributed by atoms with Crippen LogP contribution in [0.3, 0.4) is 0 Å². The molecule has 0 atom stereocenters. The van der Waals surface area contributed by atoms with Gasteiger partial charge in [0.15, 0.2) is 0 Å². The van der Waals surface area contributed by atoms with Crippen LogP contribution in [0.2, 0.25) is 0 Å². The van der Waals surface area contributed by atoms with Gasteiger partial charge in [-0.05, 0) is 12.3 Å². The van der Waals surface area contributed by atoms with Crippen molar-refractivity contribution in [2.24, 2.45) is 0 Å². The highest BCUT2D eigenvalue weighted by Crippen LogP contribution is 2.30. The van der Waals surface area contributed by atoms with E-state index >= 15 is 0 Å². The highest BCUT2D eigenvalue weighted by molar-refractivity contribution is 8.76. The van der Waals surface area contributed by atoms with Gasteiger partial charge in [-0.25, -0.2) is 4.98 Å². The van der Waals surface area contributed by atoms with Gasteiger partial charge in [-0.15, -0.1) is 0 Å².